The lowest BCUT2D eigenvalue weighted by atomic mass is 9.91. The molecular formula is C33H38N4O2+2. The van der Waals surface area contributed by atoms with Gasteiger partial charge in [-0.25, -0.2) is 6.57 Å². The molecular weight excluding hydrogens is 484 g/mol. The third-order valence-corrected chi connectivity index (χ3v) is 8.80. The Labute approximate surface area is 232 Å². The Bertz CT molecular complexity index is 1330. The zero-order valence-corrected chi connectivity index (χ0v) is 23.2. The Morgan fingerprint density at radius 3 is 1.92 bits per heavy atom. The van der Waals surface area contributed by atoms with Gasteiger partial charge in [-0.3, -0.25) is 0 Å². The van der Waals surface area contributed by atoms with Gasteiger partial charge in [0, 0.05) is 25.7 Å². The minimum absolute atomic E-state index is 0.338. The summed E-state index contributed by atoms with van der Waals surface area (Å²) >= 11 is 0. The maximum atomic E-state index is 8.88. The fourth-order valence-corrected chi connectivity index (χ4v) is 7.01. The average molecular weight is 523 g/mol. The predicted octanol–water partition coefficient (Wildman–Crippen LogP) is 6.07. The number of unbranched alkanes of at least 4 members (excludes halogenated alkanes) is 3. The summed E-state index contributed by atoms with van der Waals surface area (Å²) in [6.07, 6.45) is 15.8. The first-order valence-corrected chi connectivity index (χ1v) is 14.7. The van der Waals surface area contributed by atoms with Gasteiger partial charge in [-0.05, 0) is 93.2 Å². The minimum atomic E-state index is -0.999. The van der Waals surface area contributed by atoms with Crippen LogP contribution < -0.4 is 9.47 Å². The van der Waals surface area contributed by atoms with Crippen LogP contribution in [0.3, 0.4) is 0 Å². The Morgan fingerprint density at radius 2 is 1.41 bits per heavy atom. The van der Waals surface area contributed by atoms with Crippen molar-refractivity contribution < 1.29 is 18.6 Å². The minimum Gasteiger partial charge on any atom is -0.340 e. The fraction of sp³-hybridized carbons (Fsp3) is 0.515. The first-order valence-electron chi connectivity index (χ1n) is 14.7. The summed E-state index contributed by atoms with van der Waals surface area (Å²) < 4.78 is 18.7. The van der Waals surface area contributed by atoms with Crippen molar-refractivity contribution in [3.8, 4) is 17.6 Å². The molecule has 6 heteroatoms. The smallest absolute Gasteiger partial charge is 0.340 e. The molecule has 3 heterocycles. The summed E-state index contributed by atoms with van der Waals surface area (Å²) in [5.41, 5.74) is 7.13. The van der Waals surface area contributed by atoms with E-state index in [9.17, 15) is 0 Å². The molecule has 1 aliphatic carbocycles. The Kier molecular flexibility index (Phi) is 6.90. The van der Waals surface area contributed by atoms with E-state index in [1.165, 1.54) is 24.0 Å². The predicted molar refractivity (Wildman–Crippen MR) is 151 cm³/mol. The van der Waals surface area contributed by atoms with Crippen molar-refractivity contribution in [1.29, 1.82) is 5.26 Å². The van der Waals surface area contributed by atoms with Crippen LogP contribution in [-0.4, -0.2) is 46.2 Å². The second kappa shape index (κ2) is 10.5. The number of rotatable bonds is 8. The van der Waals surface area contributed by atoms with Crippen LogP contribution in [0.1, 0.15) is 91.2 Å². The zero-order chi connectivity index (χ0) is 27.0. The molecule has 2 aromatic rings. The third kappa shape index (κ3) is 4.51. The van der Waals surface area contributed by atoms with E-state index in [0.29, 0.717) is 25.0 Å². The second-order valence-corrected chi connectivity index (χ2v) is 11.6. The van der Waals surface area contributed by atoms with Crippen LogP contribution in [0.15, 0.2) is 24.3 Å². The summed E-state index contributed by atoms with van der Waals surface area (Å²) in [6.45, 7) is 11.9. The molecule has 6 nitrogen and oxygen atoms in total. The highest BCUT2D eigenvalue weighted by atomic mass is 16.7. The molecule has 4 aliphatic rings. The van der Waals surface area contributed by atoms with Gasteiger partial charge in [-0.2, -0.15) is 5.26 Å². The van der Waals surface area contributed by atoms with Crippen LogP contribution in [0, 0.1) is 31.8 Å². The van der Waals surface area contributed by atoms with E-state index >= 15 is 0 Å². The molecule has 2 fully saturated rings. The van der Waals surface area contributed by atoms with Gasteiger partial charge >= 0.3 is 6.03 Å². The van der Waals surface area contributed by atoms with Gasteiger partial charge in [-0.1, -0.05) is 21.3 Å². The zero-order valence-electron chi connectivity index (χ0n) is 23.2. The van der Waals surface area contributed by atoms with Gasteiger partial charge in [-0.15, -0.1) is 0 Å². The summed E-state index contributed by atoms with van der Waals surface area (Å²) in [7, 11) is 0. The van der Waals surface area contributed by atoms with E-state index in [1.54, 1.807) is 0 Å². The standard InChI is InChI=1S/C33H38N4O2/c1-23-17-25(11-5-4-9-15-34)19-27-21-36-29-13-6-7-14-30(29)37-22-28-20-26(12-8-10-16-35-3)18-24(2)32(28)39-33(36,37)38-31(23)27/h17-22,29-30H,4-14,16H2,1-2H3/q+2. The number of aryl methyl sites for hydroxylation is 4. The molecule has 0 N–H and O–H groups in total. The van der Waals surface area contributed by atoms with E-state index in [1.807, 2.05) is 0 Å². The van der Waals surface area contributed by atoms with E-state index < -0.39 is 6.03 Å². The number of hydrogen-bond donors (Lipinski definition) is 0. The van der Waals surface area contributed by atoms with Gasteiger partial charge in [0.05, 0.1) is 17.2 Å². The molecule has 1 saturated heterocycles. The highest BCUT2D eigenvalue weighted by Gasteiger charge is 2.76. The van der Waals surface area contributed by atoms with Crippen molar-refractivity contribution in [2.24, 2.45) is 0 Å². The summed E-state index contributed by atoms with van der Waals surface area (Å²) in [4.78, 5) is 3.50. The molecule has 3 atom stereocenters. The number of nitrogens with zero attached hydrogens (tertiary/aromatic N) is 4. The molecule has 39 heavy (non-hydrogen) atoms. The molecule has 200 valence electrons. The lowest BCUT2D eigenvalue weighted by molar-refractivity contribution is -0.866. The molecule has 0 amide bonds. The van der Waals surface area contributed by atoms with Gasteiger partial charge in [0.1, 0.15) is 0 Å². The van der Waals surface area contributed by atoms with Crippen LogP contribution in [0.5, 0.6) is 11.5 Å². The number of fused-ring (bicyclic) bond motifs is 5. The Balaban J connectivity index is 1.38. The monoisotopic (exact) mass is 522 g/mol. The molecule has 0 radical (unpaired) electrons. The van der Waals surface area contributed by atoms with Crippen molar-refractivity contribution in [1.82, 2.24) is 0 Å². The normalized spacial score (nSPS) is 23.8. The van der Waals surface area contributed by atoms with Crippen LogP contribution >= 0.6 is 0 Å². The molecule has 3 unspecified atom stereocenters. The third-order valence-electron chi connectivity index (χ3n) is 8.80. The number of ether oxygens (including phenoxy) is 2. The summed E-state index contributed by atoms with van der Waals surface area (Å²) in [6, 6.07) is 11.0. The summed E-state index contributed by atoms with van der Waals surface area (Å²) in [5, 5.41) is 8.88. The highest BCUT2D eigenvalue weighted by Crippen LogP contribution is 2.46. The lowest BCUT2D eigenvalue weighted by Gasteiger charge is -2.29. The van der Waals surface area contributed by atoms with Crippen LogP contribution in [0.25, 0.3) is 4.85 Å². The lowest BCUT2D eigenvalue weighted by Crippen LogP contribution is -2.60. The molecule has 6 rings (SSSR count). The van der Waals surface area contributed by atoms with Crippen LogP contribution in [0.2, 0.25) is 0 Å². The fourth-order valence-electron chi connectivity index (χ4n) is 7.01. The van der Waals surface area contributed by atoms with Gasteiger partial charge in [0.2, 0.25) is 18.6 Å². The first-order chi connectivity index (χ1) is 19.0. The van der Waals surface area contributed by atoms with E-state index in [0.717, 1.165) is 85.1 Å². The molecule has 0 bridgehead atoms. The quantitative estimate of drug-likeness (QED) is 0.240. The maximum absolute atomic E-state index is 8.88. The number of benzene rings is 2. The van der Waals surface area contributed by atoms with Gasteiger partial charge < -0.3 is 14.3 Å². The van der Waals surface area contributed by atoms with Crippen LogP contribution in [-0.2, 0) is 12.8 Å². The molecule has 1 spiro atoms. The first kappa shape index (κ1) is 25.6. The van der Waals surface area contributed by atoms with E-state index in [-0.39, 0.29) is 0 Å². The molecule has 2 aromatic carbocycles. The van der Waals surface area contributed by atoms with Crippen molar-refractivity contribution in [2.75, 3.05) is 6.54 Å². The molecule has 3 aliphatic heterocycles. The SMILES string of the molecule is [C-]#[N+]CCCCc1cc(C)c2c(c1)C=[N+]1C3CCCCC3[N+]3=Cc4cc(CCCCC#N)cc(C)c4OC31O2. The molecule has 1 saturated carbocycles. The second-order valence-electron chi connectivity index (χ2n) is 11.6. The highest BCUT2D eigenvalue weighted by molar-refractivity contribution is 5.84. The van der Waals surface area contributed by atoms with Gasteiger partial charge in [0.25, 0.3) is 0 Å². The summed E-state index contributed by atoms with van der Waals surface area (Å²) in [5.74, 6) is 1.81. The van der Waals surface area contributed by atoms with Crippen molar-refractivity contribution in [3.05, 3.63) is 69.1 Å². The van der Waals surface area contributed by atoms with Crippen molar-refractivity contribution in [3.63, 3.8) is 0 Å². The Hall–Kier alpha value is -3.64. The van der Waals surface area contributed by atoms with E-state index in [2.05, 4.69) is 70.6 Å². The molecule has 0 aromatic heterocycles. The topological polar surface area (TPSA) is 52.6 Å². The maximum Gasteiger partial charge on any atom is 0.704 e. The Morgan fingerprint density at radius 1 is 0.872 bits per heavy atom. The van der Waals surface area contributed by atoms with Gasteiger partial charge in [0.15, 0.2) is 23.9 Å². The van der Waals surface area contributed by atoms with E-state index in [4.69, 9.17) is 21.3 Å². The van der Waals surface area contributed by atoms with Crippen LogP contribution in [0.4, 0.5) is 0 Å². The number of hydrogen-bond acceptors (Lipinski definition) is 3. The van der Waals surface area contributed by atoms with Crippen molar-refractivity contribution in [2.45, 2.75) is 103 Å². The van der Waals surface area contributed by atoms with Crippen molar-refractivity contribution >= 4 is 12.4 Å². The largest absolute Gasteiger partial charge is 0.704 e. The number of nitriles is 1. The average Bonchev–Trinajstić information content (AvgIpc) is 3.21.